The summed E-state index contributed by atoms with van der Waals surface area (Å²) in [7, 11) is 2.98. The van der Waals surface area contributed by atoms with E-state index in [1.807, 2.05) is 4.90 Å². The lowest BCUT2D eigenvalue weighted by Crippen LogP contribution is -2.50. The van der Waals surface area contributed by atoms with Crippen LogP contribution in [0.1, 0.15) is 10.4 Å². The molecule has 166 valence electrons. The zero-order valence-electron chi connectivity index (χ0n) is 17.1. The number of rotatable bonds is 6. The molecule has 1 saturated heterocycles. The van der Waals surface area contributed by atoms with Crippen molar-refractivity contribution in [1.82, 2.24) is 9.80 Å². The Kier molecular flexibility index (Phi) is 7.59. The van der Waals surface area contributed by atoms with Gasteiger partial charge in [-0.1, -0.05) is 23.2 Å². The van der Waals surface area contributed by atoms with Crippen LogP contribution in [-0.2, 0) is 4.79 Å². The van der Waals surface area contributed by atoms with Crippen LogP contribution in [0.25, 0.3) is 0 Å². The number of halogens is 3. The van der Waals surface area contributed by atoms with Gasteiger partial charge in [-0.05, 0) is 24.3 Å². The normalized spacial score (nSPS) is 14.3. The quantitative estimate of drug-likeness (QED) is 0.700. The third kappa shape index (κ3) is 5.58. The van der Waals surface area contributed by atoms with Crippen molar-refractivity contribution in [2.75, 3.05) is 52.3 Å². The number of piperazine rings is 1. The van der Waals surface area contributed by atoms with Crippen LogP contribution in [0.3, 0.4) is 0 Å². The fourth-order valence-electron chi connectivity index (χ4n) is 3.29. The Morgan fingerprint density at radius 2 is 1.68 bits per heavy atom. The minimum Gasteiger partial charge on any atom is -0.495 e. The Hall–Kier alpha value is -2.55. The van der Waals surface area contributed by atoms with E-state index in [2.05, 4.69) is 5.32 Å². The first-order valence-electron chi connectivity index (χ1n) is 9.50. The van der Waals surface area contributed by atoms with E-state index in [4.69, 9.17) is 32.7 Å². The standard InChI is InChI=1S/C21H22Cl2FN3O4/c1-30-18-11-19(31-2)17(10-16(18)23)25-20(28)12-26-5-7-27(8-6-26)21(29)14-4-3-13(24)9-15(14)22/h3-4,9-11H,5-8,12H2,1-2H3,(H,25,28). The van der Waals surface area contributed by atoms with Gasteiger partial charge >= 0.3 is 0 Å². The van der Waals surface area contributed by atoms with Gasteiger partial charge in [0.25, 0.3) is 5.91 Å². The maximum absolute atomic E-state index is 13.2. The zero-order valence-corrected chi connectivity index (χ0v) is 18.6. The van der Waals surface area contributed by atoms with E-state index < -0.39 is 5.82 Å². The zero-order chi connectivity index (χ0) is 22.5. The molecule has 0 saturated carbocycles. The highest BCUT2D eigenvalue weighted by Crippen LogP contribution is 2.35. The first kappa shape index (κ1) is 23.1. The fraction of sp³-hybridized carbons (Fsp3) is 0.333. The van der Waals surface area contributed by atoms with Gasteiger partial charge in [-0.2, -0.15) is 0 Å². The molecule has 0 atom stereocenters. The van der Waals surface area contributed by atoms with Gasteiger partial charge < -0.3 is 19.7 Å². The number of ether oxygens (including phenoxy) is 2. The van der Waals surface area contributed by atoms with Crippen LogP contribution in [-0.4, -0.2) is 68.6 Å². The molecule has 10 heteroatoms. The summed E-state index contributed by atoms with van der Waals surface area (Å²) in [6.45, 7) is 2.03. The topological polar surface area (TPSA) is 71.1 Å². The summed E-state index contributed by atoms with van der Waals surface area (Å²) in [5.74, 6) is -0.112. The number of anilines is 1. The minimum atomic E-state index is -0.493. The average Bonchev–Trinajstić information content (AvgIpc) is 2.74. The van der Waals surface area contributed by atoms with Gasteiger partial charge in [0, 0.05) is 32.2 Å². The maximum Gasteiger partial charge on any atom is 0.255 e. The molecule has 31 heavy (non-hydrogen) atoms. The van der Waals surface area contributed by atoms with Gasteiger partial charge in [0.1, 0.15) is 17.3 Å². The molecule has 0 bridgehead atoms. The van der Waals surface area contributed by atoms with Gasteiger partial charge in [-0.15, -0.1) is 0 Å². The van der Waals surface area contributed by atoms with E-state index >= 15 is 0 Å². The summed E-state index contributed by atoms with van der Waals surface area (Å²) >= 11 is 12.1. The first-order chi connectivity index (χ1) is 14.8. The Morgan fingerprint density at radius 1 is 1.00 bits per heavy atom. The van der Waals surface area contributed by atoms with Gasteiger partial charge in [0.15, 0.2) is 0 Å². The summed E-state index contributed by atoms with van der Waals surface area (Å²) in [6, 6.07) is 6.88. The van der Waals surface area contributed by atoms with Crippen molar-refractivity contribution in [1.29, 1.82) is 0 Å². The largest absolute Gasteiger partial charge is 0.495 e. The summed E-state index contributed by atoms with van der Waals surface area (Å²) < 4.78 is 23.7. The lowest BCUT2D eigenvalue weighted by molar-refractivity contribution is -0.117. The molecule has 2 aromatic rings. The molecule has 0 aliphatic carbocycles. The van der Waals surface area contributed by atoms with Crippen LogP contribution in [0.15, 0.2) is 30.3 Å². The summed E-state index contributed by atoms with van der Waals surface area (Å²) in [5.41, 5.74) is 0.704. The smallest absolute Gasteiger partial charge is 0.255 e. The highest BCUT2D eigenvalue weighted by molar-refractivity contribution is 6.33. The summed E-state index contributed by atoms with van der Waals surface area (Å²) in [4.78, 5) is 28.7. The van der Waals surface area contributed by atoms with E-state index in [0.29, 0.717) is 48.4 Å². The molecule has 0 unspecified atom stereocenters. The number of hydrogen-bond donors (Lipinski definition) is 1. The van der Waals surface area contributed by atoms with Crippen LogP contribution in [0.2, 0.25) is 10.0 Å². The Labute approximate surface area is 189 Å². The van der Waals surface area contributed by atoms with Crippen molar-refractivity contribution in [3.8, 4) is 11.5 Å². The SMILES string of the molecule is COc1cc(OC)c(NC(=O)CN2CCN(C(=O)c3ccc(F)cc3Cl)CC2)cc1Cl. The van der Waals surface area contributed by atoms with Crippen LogP contribution >= 0.6 is 23.2 Å². The number of methoxy groups -OCH3 is 2. The van der Waals surface area contributed by atoms with Gasteiger partial charge in [0.2, 0.25) is 5.91 Å². The Bertz CT molecular complexity index is 981. The average molecular weight is 470 g/mol. The number of carbonyl (C=O) groups excluding carboxylic acids is 2. The van der Waals surface area contributed by atoms with E-state index in [0.717, 1.165) is 6.07 Å². The maximum atomic E-state index is 13.2. The predicted octanol–water partition coefficient (Wildman–Crippen LogP) is 3.55. The molecule has 1 N–H and O–H groups in total. The van der Waals surface area contributed by atoms with Gasteiger partial charge in [0.05, 0.1) is 42.1 Å². The third-order valence-corrected chi connectivity index (χ3v) is 5.54. The second-order valence-electron chi connectivity index (χ2n) is 6.93. The summed E-state index contributed by atoms with van der Waals surface area (Å²) in [5, 5.41) is 3.23. The highest BCUT2D eigenvalue weighted by atomic mass is 35.5. The molecule has 1 aliphatic heterocycles. The number of benzene rings is 2. The van der Waals surface area contributed by atoms with Crippen LogP contribution in [0.5, 0.6) is 11.5 Å². The molecule has 1 aliphatic rings. The van der Waals surface area contributed by atoms with Crippen LogP contribution in [0.4, 0.5) is 10.1 Å². The van der Waals surface area contributed by atoms with Crippen molar-refractivity contribution >= 4 is 40.7 Å². The number of amides is 2. The first-order valence-corrected chi connectivity index (χ1v) is 10.3. The molecule has 0 spiro atoms. The second kappa shape index (κ2) is 10.2. The molecule has 0 radical (unpaired) electrons. The highest BCUT2D eigenvalue weighted by Gasteiger charge is 2.25. The monoisotopic (exact) mass is 469 g/mol. The summed E-state index contributed by atoms with van der Waals surface area (Å²) in [6.07, 6.45) is 0. The molecule has 7 nitrogen and oxygen atoms in total. The number of hydrogen-bond acceptors (Lipinski definition) is 5. The molecular weight excluding hydrogens is 448 g/mol. The fourth-order valence-corrected chi connectivity index (χ4v) is 3.78. The van der Waals surface area contributed by atoms with Crippen molar-refractivity contribution in [3.63, 3.8) is 0 Å². The van der Waals surface area contributed by atoms with E-state index in [9.17, 15) is 14.0 Å². The number of nitrogens with one attached hydrogen (secondary N) is 1. The molecule has 2 aromatic carbocycles. The Balaban J connectivity index is 1.56. The van der Waals surface area contributed by atoms with Crippen molar-refractivity contribution < 1.29 is 23.5 Å². The molecule has 1 fully saturated rings. The molecule has 2 amide bonds. The van der Waals surface area contributed by atoms with E-state index in [-0.39, 0.29) is 28.9 Å². The van der Waals surface area contributed by atoms with Crippen molar-refractivity contribution in [2.24, 2.45) is 0 Å². The number of nitrogens with zero attached hydrogens (tertiary/aromatic N) is 2. The molecule has 3 rings (SSSR count). The van der Waals surface area contributed by atoms with Crippen molar-refractivity contribution in [3.05, 3.63) is 51.8 Å². The lowest BCUT2D eigenvalue weighted by atomic mass is 10.1. The van der Waals surface area contributed by atoms with E-state index in [1.165, 1.54) is 26.4 Å². The number of carbonyl (C=O) groups is 2. The lowest BCUT2D eigenvalue weighted by Gasteiger charge is -2.34. The van der Waals surface area contributed by atoms with Crippen LogP contribution in [0, 0.1) is 5.82 Å². The van der Waals surface area contributed by atoms with Crippen molar-refractivity contribution in [2.45, 2.75) is 0 Å². The minimum absolute atomic E-state index is 0.0823. The second-order valence-corrected chi connectivity index (χ2v) is 7.74. The van der Waals surface area contributed by atoms with Crippen LogP contribution < -0.4 is 14.8 Å². The van der Waals surface area contributed by atoms with Gasteiger partial charge in [-0.3, -0.25) is 14.5 Å². The molecule has 0 aromatic heterocycles. The third-order valence-electron chi connectivity index (χ3n) is 4.94. The Morgan fingerprint density at radius 3 is 2.29 bits per heavy atom. The molecular formula is C21H22Cl2FN3O4. The van der Waals surface area contributed by atoms with Gasteiger partial charge in [-0.25, -0.2) is 4.39 Å². The predicted molar refractivity (Wildman–Crippen MR) is 117 cm³/mol. The van der Waals surface area contributed by atoms with E-state index in [1.54, 1.807) is 17.0 Å². The molecule has 1 heterocycles.